The molecule has 1 fully saturated rings. The van der Waals surface area contributed by atoms with E-state index in [0.29, 0.717) is 12.8 Å². The molecule has 0 saturated heterocycles. The highest BCUT2D eigenvalue weighted by Gasteiger charge is 2.51. The maximum absolute atomic E-state index is 12.8. The zero-order chi connectivity index (χ0) is 39.5. The van der Waals surface area contributed by atoms with Crippen molar-refractivity contribution in [3.05, 3.63) is 24.3 Å². The number of rotatable bonds is 32. The molecule has 1 aliphatic rings. The van der Waals surface area contributed by atoms with Crippen LogP contribution >= 0.6 is 7.82 Å². The highest BCUT2D eigenvalue weighted by molar-refractivity contribution is 7.47. The minimum Gasteiger partial charge on any atom is -0.393 e. The lowest BCUT2D eigenvalue weighted by Gasteiger charge is -2.41. The van der Waals surface area contributed by atoms with Gasteiger partial charge >= 0.3 is 7.82 Å². The van der Waals surface area contributed by atoms with E-state index < -0.39 is 75.2 Å². The molecule has 0 heterocycles. The number of allylic oxidation sites excluding steroid dienone is 3. The molecule has 14 heteroatoms. The number of phosphoric acid groups is 1. The fourth-order valence-corrected chi connectivity index (χ4v) is 7.33. The second kappa shape index (κ2) is 30.0. The standard InChI is InChI=1S/C39H74NO12P/c1-3-5-7-8-9-10-11-12-13-14-15-16-17-18-19-20-21-22-23-25-26-30(41)28-33(43)40-31(32(42)27-24-6-4-2)29-51-53(49,50)52-39-37(47)35(45)34(44)36(46)38(39)48/h17-18,24,27,30-32,34-39,41-42,44-48H,3-16,19-23,25-26,28-29H2,1-2H3,(H,40,43)(H,49,50)/b18-17-,27-24+. The van der Waals surface area contributed by atoms with Crippen LogP contribution in [0.1, 0.15) is 155 Å². The van der Waals surface area contributed by atoms with Crippen molar-refractivity contribution in [2.24, 2.45) is 0 Å². The van der Waals surface area contributed by atoms with Crippen molar-refractivity contribution in [2.45, 2.75) is 210 Å². The summed E-state index contributed by atoms with van der Waals surface area (Å²) in [6.07, 6.45) is 17.1. The maximum atomic E-state index is 12.8. The smallest absolute Gasteiger partial charge is 0.393 e. The molecule has 0 radical (unpaired) electrons. The lowest BCUT2D eigenvalue weighted by Crippen LogP contribution is -2.64. The van der Waals surface area contributed by atoms with Crippen LogP contribution in [0.5, 0.6) is 0 Å². The number of hydrogen-bond donors (Lipinski definition) is 9. The Morgan fingerprint density at radius 1 is 0.660 bits per heavy atom. The lowest BCUT2D eigenvalue weighted by atomic mass is 9.85. The molecule has 0 spiro atoms. The summed E-state index contributed by atoms with van der Waals surface area (Å²) >= 11 is 0. The molecular formula is C39H74NO12P. The molecule has 53 heavy (non-hydrogen) atoms. The van der Waals surface area contributed by atoms with E-state index in [9.17, 15) is 50.0 Å². The molecule has 8 unspecified atom stereocenters. The van der Waals surface area contributed by atoms with E-state index in [4.69, 9.17) is 9.05 Å². The first kappa shape index (κ1) is 49.8. The van der Waals surface area contributed by atoms with E-state index in [-0.39, 0.29) is 6.42 Å². The number of phosphoric ester groups is 1. The fraction of sp³-hybridized carbons (Fsp3) is 0.872. The van der Waals surface area contributed by atoms with Crippen molar-refractivity contribution >= 4 is 13.7 Å². The zero-order valence-electron chi connectivity index (χ0n) is 32.4. The summed E-state index contributed by atoms with van der Waals surface area (Å²) in [5.41, 5.74) is 0. The number of unbranched alkanes of at least 4 members (excludes halogenated alkanes) is 17. The Bertz CT molecular complexity index is 1020. The molecule has 0 bridgehead atoms. The first-order chi connectivity index (χ1) is 25.3. The van der Waals surface area contributed by atoms with E-state index in [0.717, 1.165) is 51.4 Å². The van der Waals surface area contributed by atoms with Crippen LogP contribution in [0, 0.1) is 0 Å². The summed E-state index contributed by atoms with van der Waals surface area (Å²) < 4.78 is 22.5. The third-order valence-corrected chi connectivity index (χ3v) is 10.7. The maximum Gasteiger partial charge on any atom is 0.472 e. The molecule has 13 nitrogen and oxygen atoms in total. The van der Waals surface area contributed by atoms with Gasteiger partial charge in [-0.2, -0.15) is 0 Å². The van der Waals surface area contributed by atoms with Gasteiger partial charge in [-0.25, -0.2) is 4.57 Å². The van der Waals surface area contributed by atoms with Crippen molar-refractivity contribution in [2.75, 3.05) is 6.61 Å². The van der Waals surface area contributed by atoms with Gasteiger partial charge in [0.25, 0.3) is 0 Å². The predicted octanol–water partition coefficient (Wildman–Crippen LogP) is 5.25. The van der Waals surface area contributed by atoms with Crippen molar-refractivity contribution < 1.29 is 59.0 Å². The van der Waals surface area contributed by atoms with Crippen LogP contribution in [0.2, 0.25) is 0 Å². The van der Waals surface area contributed by atoms with Gasteiger partial charge in [0, 0.05) is 0 Å². The van der Waals surface area contributed by atoms with E-state index in [1.807, 2.05) is 6.92 Å². The van der Waals surface area contributed by atoms with E-state index in [1.54, 1.807) is 6.08 Å². The Morgan fingerprint density at radius 3 is 1.64 bits per heavy atom. The first-order valence-corrected chi connectivity index (χ1v) is 21.9. The molecule has 1 aliphatic carbocycles. The Morgan fingerprint density at radius 2 is 1.13 bits per heavy atom. The summed E-state index contributed by atoms with van der Waals surface area (Å²) in [4.78, 5) is 23.0. The van der Waals surface area contributed by atoms with Gasteiger partial charge < -0.3 is 46.0 Å². The van der Waals surface area contributed by atoms with Crippen molar-refractivity contribution in [1.82, 2.24) is 5.32 Å². The van der Waals surface area contributed by atoms with Gasteiger partial charge in [-0.15, -0.1) is 0 Å². The summed E-state index contributed by atoms with van der Waals surface area (Å²) in [5, 5.41) is 73.4. The Balaban J connectivity index is 2.32. The number of carbonyl (C=O) groups is 1. The molecule has 0 aliphatic heterocycles. The van der Waals surface area contributed by atoms with Crippen LogP contribution in [-0.2, 0) is 18.4 Å². The zero-order valence-corrected chi connectivity index (χ0v) is 33.3. The third-order valence-electron chi connectivity index (χ3n) is 9.76. The Labute approximate surface area is 318 Å². The topological polar surface area (TPSA) is 226 Å². The molecule has 0 aromatic rings. The molecular weight excluding hydrogens is 705 g/mol. The highest BCUT2D eigenvalue weighted by atomic mass is 31.2. The van der Waals surface area contributed by atoms with Gasteiger partial charge in [0.2, 0.25) is 5.91 Å². The SMILES string of the molecule is CCC/C=C/C(O)C(COP(=O)(O)OC1C(O)C(O)C(O)C(O)C1O)NC(=O)CC(O)CCCCCCC/C=C\CCCCCCCCCCCCC. The van der Waals surface area contributed by atoms with Gasteiger partial charge in [-0.1, -0.05) is 134 Å². The van der Waals surface area contributed by atoms with Gasteiger partial charge in [0.05, 0.1) is 31.3 Å². The Hall–Kier alpha value is -1.22. The van der Waals surface area contributed by atoms with Crippen molar-refractivity contribution in [3.63, 3.8) is 0 Å². The van der Waals surface area contributed by atoms with Crippen molar-refractivity contribution in [1.29, 1.82) is 0 Å². The molecule has 1 saturated carbocycles. The largest absolute Gasteiger partial charge is 0.472 e. The molecule has 0 aromatic heterocycles. The number of hydrogen-bond acceptors (Lipinski definition) is 11. The van der Waals surface area contributed by atoms with Gasteiger partial charge in [0.15, 0.2) is 0 Å². The van der Waals surface area contributed by atoms with E-state index in [2.05, 4.69) is 24.4 Å². The minimum atomic E-state index is -5.11. The quantitative estimate of drug-likeness (QED) is 0.0243. The first-order valence-electron chi connectivity index (χ1n) is 20.4. The van der Waals surface area contributed by atoms with Crippen LogP contribution < -0.4 is 5.32 Å². The summed E-state index contributed by atoms with van der Waals surface area (Å²) in [6, 6.07) is -1.24. The van der Waals surface area contributed by atoms with Crippen LogP contribution in [0.15, 0.2) is 24.3 Å². The fourth-order valence-electron chi connectivity index (χ4n) is 6.36. The second-order valence-electron chi connectivity index (χ2n) is 14.7. The van der Waals surface area contributed by atoms with Crippen LogP contribution in [0.25, 0.3) is 0 Å². The molecule has 312 valence electrons. The summed E-state index contributed by atoms with van der Waals surface area (Å²) in [5.74, 6) is -0.610. The second-order valence-corrected chi connectivity index (χ2v) is 16.1. The number of amides is 1. The van der Waals surface area contributed by atoms with E-state index >= 15 is 0 Å². The van der Waals surface area contributed by atoms with Gasteiger partial charge in [-0.05, 0) is 38.5 Å². The molecule has 0 aromatic carbocycles. The minimum absolute atomic E-state index is 0.252. The van der Waals surface area contributed by atoms with Crippen LogP contribution in [-0.4, -0.2) is 108 Å². The van der Waals surface area contributed by atoms with E-state index in [1.165, 1.54) is 76.7 Å². The Kier molecular flexibility index (Phi) is 28.2. The molecule has 9 N–H and O–H groups in total. The summed E-state index contributed by atoms with van der Waals surface area (Å²) in [6.45, 7) is 3.45. The molecule has 1 amide bonds. The average molecular weight is 780 g/mol. The average Bonchev–Trinajstić information content (AvgIpc) is 3.12. The number of aliphatic hydroxyl groups excluding tert-OH is 7. The van der Waals surface area contributed by atoms with Crippen LogP contribution in [0.4, 0.5) is 0 Å². The normalized spacial score (nSPS) is 25.1. The van der Waals surface area contributed by atoms with Crippen LogP contribution in [0.3, 0.4) is 0 Å². The van der Waals surface area contributed by atoms with Crippen molar-refractivity contribution in [3.8, 4) is 0 Å². The number of aliphatic hydroxyl groups is 7. The number of carbonyl (C=O) groups excluding carboxylic acids is 1. The van der Waals surface area contributed by atoms with Gasteiger partial charge in [0.1, 0.15) is 36.6 Å². The molecule has 1 rings (SSSR count). The lowest BCUT2D eigenvalue weighted by molar-refractivity contribution is -0.220. The monoisotopic (exact) mass is 779 g/mol. The summed E-state index contributed by atoms with van der Waals surface area (Å²) in [7, 11) is -5.11. The predicted molar refractivity (Wildman–Crippen MR) is 206 cm³/mol. The third kappa shape index (κ3) is 22.8. The highest BCUT2D eigenvalue weighted by Crippen LogP contribution is 2.47. The van der Waals surface area contributed by atoms with Gasteiger partial charge in [-0.3, -0.25) is 13.8 Å². The number of nitrogens with one attached hydrogen (secondary N) is 1. The molecule has 8 atom stereocenters.